The minimum Gasteiger partial charge on any atom is -0.206 e. The van der Waals surface area contributed by atoms with Gasteiger partial charge in [-0.3, -0.25) is 0 Å². The second-order valence-electron chi connectivity index (χ2n) is 12.7. The van der Waals surface area contributed by atoms with Crippen LogP contribution in [0.1, 0.15) is 132 Å². The van der Waals surface area contributed by atoms with Gasteiger partial charge in [-0.05, 0) is 128 Å². The first-order valence-electron chi connectivity index (χ1n) is 15.7. The van der Waals surface area contributed by atoms with Crippen molar-refractivity contribution in [2.24, 2.45) is 17.8 Å². The average molecular weight is 559 g/mol. The fraction of sp³-hybridized carbons (Fsp3) is 0.600. The van der Waals surface area contributed by atoms with E-state index in [1.165, 1.54) is 63.5 Å². The van der Waals surface area contributed by atoms with Crippen molar-refractivity contribution < 1.29 is 22.0 Å². The average Bonchev–Trinajstić information content (AvgIpc) is 2.96. The summed E-state index contributed by atoms with van der Waals surface area (Å²) in [4.78, 5) is 0. The van der Waals surface area contributed by atoms with Gasteiger partial charge in [-0.15, -0.1) is 0 Å². The van der Waals surface area contributed by atoms with E-state index >= 15 is 8.78 Å². The summed E-state index contributed by atoms with van der Waals surface area (Å²) in [5.41, 5.74) is 1.75. The van der Waals surface area contributed by atoms with Gasteiger partial charge in [-0.25, -0.2) is 22.0 Å². The Balaban J connectivity index is 1.17. The molecule has 0 N–H and O–H groups in total. The zero-order valence-electron chi connectivity index (χ0n) is 23.8. The van der Waals surface area contributed by atoms with Crippen LogP contribution in [0.3, 0.4) is 0 Å². The Labute approximate surface area is 236 Å². The number of hydrogen-bond acceptors (Lipinski definition) is 0. The molecule has 0 radical (unpaired) electrons. The van der Waals surface area contributed by atoms with E-state index in [4.69, 9.17) is 0 Å². The minimum atomic E-state index is -1.48. The van der Waals surface area contributed by atoms with Crippen molar-refractivity contribution in [3.05, 3.63) is 76.1 Å². The molecule has 0 aromatic heterocycles. The molecular weight excluding hydrogens is 515 g/mol. The maximum Gasteiger partial charge on any atom is 0.194 e. The predicted octanol–water partition coefficient (Wildman–Crippen LogP) is 11.4. The zero-order chi connectivity index (χ0) is 28.2. The normalized spacial score (nSPS) is 27.4. The molecular formula is C35H43F5. The number of rotatable bonds is 8. The summed E-state index contributed by atoms with van der Waals surface area (Å²) in [5.74, 6) is -2.47. The lowest BCUT2D eigenvalue weighted by atomic mass is 9.68. The van der Waals surface area contributed by atoms with Crippen molar-refractivity contribution in [2.75, 3.05) is 0 Å². The zero-order valence-corrected chi connectivity index (χ0v) is 23.8. The first-order valence-corrected chi connectivity index (χ1v) is 15.7. The quantitative estimate of drug-likeness (QED) is 0.172. The van der Waals surface area contributed by atoms with Crippen LogP contribution in [-0.2, 0) is 0 Å². The molecule has 2 saturated carbocycles. The number of hydrogen-bond donors (Lipinski definition) is 0. The van der Waals surface area contributed by atoms with E-state index in [-0.39, 0.29) is 17.4 Å². The topological polar surface area (TPSA) is 0 Å². The van der Waals surface area contributed by atoms with E-state index in [0.717, 1.165) is 61.1 Å². The van der Waals surface area contributed by atoms with Crippen LogP contribution in [0.15, 0.2) is 30.3 Å². The summed E-state index contributed by atoms with van der Waals surface area (Å²) >= 11 is 0. The molecule has 2 aromatic carbocycles. The van der Waals surface area contributed by atoms with Gasteiger partial charge >= 0.3 is 0 Å². The molecule has 218 valence electrons. The van der Waals surface area contributed by atoms with E-state index in [0.29, 0.717) is 30.4 Å². The molecule has 3 aliphatic carbocycles. The molecule has 3 aliphatic rings. The molecule has 0 bridgehead atoms. The van der Waals surface area contributed by atoms with Crippen molar-refractivity contribution >= 4 is 5.57 Å². The lowest BCUT2D eigenvalue weighted by Crippen LogP contribution is -2.25. The van der Waals surface area contributed by atoms with Crippen molar-refractivity contribution in [1.29, 1.82) is 0 Å². The largest absolute Gasteiger partial charge is 0.206 e. The lowest BCUT2D eigenvalue weighted by molar-refractivity contribution is 0.155. The van der Waals surface area contributed by atoms with Crippen LogP contribution < -0.4 is 0 Å². The summed E-state index contributed by atoms with van der Waals surface area (Å²) in [6, 6.07) is 5.10. The second-order valence-corrected chi connectivity index (χ2v) is 12.7. The van der Waals surface area contributed by atoms with Crippen LogP contribution >= 0.6 is 0 Å². The maximum atomic E-state index is 15.3. The van der Waals surface area contributed by atoms with Gasteiger partial charge < -0.3 is 0 Å². The van der Waals surface area contributed by atoms with E-state index < -0.39 is 29.1 Å². The third-order valence-electron chi connectivity index (χ3n) is 10.3. The molecule has 5 rings (SSSR count). The number of unbranched alkanes of at least 4 members (excludes halogenated alkanes) is 2. The Kier molecular flexibility index (Phi) is 9.68. The van der Waals surface area contributed by atoms with E-state index in [9.17, 15) is 13.2 Å². The first kappa shape index (κ1) is 29.3. The van der Waals surface area contributed by atoms with E-state index in [1.807, 2.05) is 0 Å². The molecule has 40 heavy (non-hydrogen) atoms. The summed E-state index contributed by atoms with van der Waals surface area (Å²) in [6.07, 6.45) is 18.2. The second kappa shape index (κ2) is 13.2. The van der Waals surface area contributed by atoms with Gasteiger partial charge in [0.1, 0.15) is 11.6 Å². The Hall–Kier alpha value is -2.17. The van der Waals surface area contributed by atoms with Crippen LogP contribution in [-0.4, -0.2) is 0 Å². The lowest BCUT2D eigenvalue weighted by Gasteiger charge is -2.38. The third-order valence-corrected chi connectivity index (χ3v) is 10.3. The number of allylic oxidation sites excluding steroid dienone is 2. The van der Waals surface area contributed by atoms with Crippen LogP contribution in [0, 0.1) is 46.8 Å². The van der Waals surface area contributed by atoms with Gasteiger partial charge in [0.05, 0.1) is 0 Å². The molecule has 0 nitrogen and oxygen atoms in total. The number of halogens is 5. The first-order chi connectivity index (χ1) is 19.3. The Morgan fingerprint density at radius 2 is 1.18 bits per heavy atom. The van der Waals surface area contributed by atoms with Gasteiger partial charge in [-0.2, -0.15) is 0 Å². The molecule has 0 aliphatic heterocycles. The summed E-state index contributed by atoms with van der Waals surface area (Å²) in [6.45, 7) is 2.27. The molecule has 1 unspecified atom stereocenters. The molecule has 1 atom stereocenters. The fourth-order valence-corrected chi connectivity index (χ4v) is 7.87. The summed E-state index contributed by atoms with van der Waals surface area (Å²) < 4.78 is 71.3. The molecule has 2 aromatic rings. The van der Waals surface area contributed by atoms with Crippen molar-refractivity contribution in [3.8, 4) is 0 Å². The molecule has 0 spiro atoms. The Bertz CT molecular complexity index is 1140. The standard InChI is InChI=1S/C35H43F5/c1-2-3-4-5-22-6-8-23(9-7-22)24-10-12-25(13-11-24)28-18-30(36)34(31(37)19-28)27-16-14-26(15-17-27)29-20-32(38)35(40)33(39)21-29/h16,18-26H,2-15,17H2,1H3/t22?,23?,24-,25-,26?. The van der Waals surface area contributed by atoms with Crippen molar-refractivity contribution in [3.63, 3.8) is 0 Å². The monoisotopic (exact) mass is 558 g/mol. The van der Waals surface area contributed by atoms with Crippen molar-refractivity contribution in [2.45, 2.75) is 115 Å². The molecule has 2 fully saturated rings. The molecule has 0 saturated heterocycles. The molecule has 0 amide bonds. The van der Waals surface area contributed by atoms with Crippen LogP contribution in [0.2, 0.25) is 0 Å². The van der Waals surface area contributed by atoms with E-state index in [2.05, 4.69) is 6.92 Å². The summed E-state index contributed by atoms with van der Waals surface area (Å²) in [7, 11) is 0. The van der Waals surface area contributed by atoms with Gasteiger partial charge in [0, 0.05) is 5.56 Å². The van der Waals surface area contributed by atoms with E-state index in [1.54, 1.807) is 6.08 Å². The van der Waals surface area contributed by atoms with Gasteiger partial charge in [0.25, 0.3) is 0 Å². The minimum absolute atomic E-state index is 0.0167. The van der Waals surface area contributed by atoms with Gasteiger partial charge in [-0.1, -0.05) is 51.5 Å². The smallest absolute Gasteiger partial charge is 0.194 e. The van der Waals surface area contributed by atoms with Gasteiger partial charge in [0.15, 0.2) is 17.5 Å². The molecule has 5 heteroatoms. The molecule has 0 heterocycles. The Morgan fingerprint density at radius 3 is 1.73 bits per heavy atom. The third kappa shape index (κ3) is 6.65. The number of benzene rings is 2. The fourth-order valence-electron chi connectivity index (χ4n) is 7.87. The SMILES string of the molecule is CCCCCC1CCC([C@H]2CC[C@H](c3cc(F)c(C4=CCC(c5cc(F)c(F)c(F)c5)CC4)c(F)c3)CC2)CC1. The highest BCUT2D eigenvalue weighted by atomic mass is 19.2. The maximum absolute atomic E-state index is 15.3. The van der Waals surface area contributed by atoms with Gasteiger partial charge in [0.2, 0.25) is 0 Å². The highest BCUT2D eigenvalue weighted by Gasteiger charge is 2.32. The van der Waals surface area contributed by atoms with Crippen LogP contribution in [0.5, 0.6) is 0 Å². The highest BCUT2D eigenvalue weighted by molar-refractivity contribution is 5.68. The van der Waals surface area contributed by atoms with Crippen molar-refractivity contribution in [1.82, 2.24) is 0 Å². The highest BCUT2D eigenvalue weighted by Crippen LogP contribution is 2.45. The predicted molar refractivity (Wildman–Crippen MR) is 152 cm³/mol. The summed E-state index contributed by atoms with van der Waals surface area (Å²) in [5, 5.41) is 0. The Morgan fingerprint density at radius 1 is 0.625 bits per heavy atom. The van der Waals surface area contributed by atoms with Crippen LogP contribution in [0.4, 0.5) is 22.0 Å². The van der Waals surface area contributed by atoms with Crippen LogP contribution in [0.25, 0.3) is 5.57 Å².